The standard InChI is InChI=1S/C23H28N2O8/c1-3-13-4-6-14(7-5-13)10-25-12-24-16-8-15(31-2)9-17(19(16)25)33-23(30)21(28)20(27)18(11-26)32-22(23)29/h4-9,12,18,20-22,26-30H,3,10-11H2,1-2H3/t18-,20-,21+,22-,23+/m1/s1. The summed E-state index contributed by atoms with van der Waals surface area (Å²) in [5.41, 5.74) is 3.19. The number of aryl methyl sites for hydroxylation is 1. The fraction of sp³-hybridized carbons (Fsp3) is 0.435. The van der Waals surface area contributed by atoms with Crippen molar-refractivity contribution < 1.29 is 39.7 Å². The highest BCUT2D eigenvalue weighted by molar-refractivity contribution is 5.84. The van der Waals surface area contributed by atoms with Gasteiger partial charge in [-0.1, -0.05) is 31.2 Å². The van der Waals surface area contributed by atoms with Crippen molar-refractivity contribution in [3.8, 4) is 11.5 Å². The Kier molecular flexibility index (Phi) is 6.57. The van der Waals surface area contributed by atoms with Crippen LogP contribution in [0, 0.1) is 0 Å². The average molecular weight is 460 g/mol. The van der Waals surface area contributed by atoms with Crippen molar-refractivity contribution in [2.75, 3.05) is 13.7 Å². The number of nitrogens with zero attached hydrogens (tertiary/aromatic N) is 2. The van der Waals surface area contributed by atoms with Gasteiger partial charge < -0.3 is 44.3 Å². The Morgan fingerprint density at radius 2 is 1.82 bits per heavy atom. The fourth-order valence-corrected chi connectivity index (χ4v) is 3.91. The maximum Gasteiger partial charge on any atom is 0.288 e. The molecule has 1 aliphatic heterocycles. The molecule has 0 unspecified atom stereocenters. The molecule has 4 rings (SSSR count). The van der Waals surface area contributed by atoms with E-state index in [-0.39, 0.29) is 5.75 Å². The summed E-state index contributed by atoms with van der Waals surface area (Å²) >= 11 is 0. The Hall–Kier alpha value is -2.73. The Morgan fingerprint density at radius 1 is 1.12 bits per heavy atom. The van der Waals surface area contributed by atoms with E-state index in [2.05, 4.69) is 11.9 Å². The van der Waals surface area contributed by atoms with E-state index in [9.17, 15) is 25.5 Å². The van der Waals surface area contributed by atoms with Crippen LogP contribution in [-0.2, 0) is 17.7 Å². The van der Waals surface area contributed by atoms with Crippen molar-refractivity contribution in [1.29, 1.82) is 0 Å². The predicted molar refractivity (Wildman–Crippen MR) is 117 cm³/mol. The van der Waals surface area contributed by atoms with Crippen LogP contribution in [0.4, 0.5) is 0 Å². The number of aliphatic hydroxyl groups excluding tert-OH is 4. The molecule has 2 aromatic carbocycles. The van der Waals surface area contributed by atoms with Gasteiger partial charge in [0, 0.05) is 18.7 Å². The van der Waals surface area contributed by atoms with Gasteiger partial charge in [0.1, 0.15) is 23.5 Å². The molecule has 33 heavy (non-hydrogen) atoms. The summed E-state index contributed by atoms with van der Waals surface area (Å²) in [6.07, 6.45) is -4.48. The van der Waals surface area contributed by atoms with E-state index >= 15 is 0 Å². The van der Waals surface area contributed by atoms with Gasteiger partial charge >= 0.3 is 0 Å². The van der Waals surface area contributed by atoms with Crippen molar-refractivity contribution in [3.63, 3.8) is 0 Å². The number of benzene rings is 2. The second-order valence-corrected chi connectivity index (χ2v) is 8.03. The Labute approximate surface area is 190 Å². The minimum absolute atomic E-state index is 0.0471. The van der Waals surface area contributed by atoms with Crippen LogP contribution in [0.2, 0.25) is 0 Å². The minimum atomic E-state index is -2.72. The highest BCUT2D eigenvalue weighted by Gasteiger charge is 2.57. The van der Waals surface area contributed by atoms with Gasteiger partial charge in [0.05, 0.1) is 25.6 Å². The molecule has 5 N–H and O–H groups in total. The normalized spacial score (nSPS) is 27.6. The van der Waals surface area contributed by atoms with E-state index in [1.807, 2.05) is 24.3 Å². The average Bonchev–Trinajstić information content (AvgIpc) is 3.23. The van der Waals surface area contributed by atoms with Crippen LogP contribution in [0.5, 0.6) is 11.5 Å². The van der Waals surface area contributed by atoms with Crippen molar-refractivity contribution in [2.24, 2.45) is 0 Å². The number of rotatable bonds is 7. The van der Waals surface area contributed by atoms with Crippen LogP contribution in [-0.4, -0.2) is 79.2 Å². The number of hydrogen-bond donors (Lipinski definition) is 5. The topological polar surface area (TPSA) is 147 Å². The third kappa shape index (κ3) is 4.29. The highest BCUT2D eigenvalue weighted by Crippen LogP contribution is 2.37. The SMILES string of the molecule is CCc1ccc(Cn2cnc3cc(OC)cc(O[C@]4(O)[C@H](O)O[C@H](CO)[C@@H](O)[C@@H]4O)c32)cc1. The van der Waals surface area contributed by atoms with E-state index < -0.39 is 37.0 Å². The summed E-state index contributed by atoms with van der Waals surface area (Å²) in [6, 6.07) is 11.3. The van der Waals surface area contributed by atoms with Gasteiger partial charge in [-0.2, -0.15) is 0 Å². The van der Waals surface area contributed by atoms with Gasteiger partial charge in [-0.15, -0.1) is 0 Å². The van der Waals surface area contributed by atoms with Gasteiger partial charge in [0.25, 0.3) is 5.79 Å². The van der Waals surface area contributed by atoms with Crippen LogP contribution in [0.25, 0.3) is 11.0 Å². The molecule has 1 aromatic heterocycles. The molecule has 0 spiro atoms. The summed E-state index contributed by atoms with van der Waals surface area (Å²) < 4.78 is 17.9. The number of aliphatic hydroxyl groups is 5. The molecule has 1 aliphatic rings. The molecule has 0 saturated carbocycles. The highest BCUT2D eigenvalue weighted by atomic mass is 16.7. The molecule has 0 bridgehead atoms. The van der Waals surface area contributed by atoms with E-state index in [0.29, 0.717) is 23.3 Å². The smallest absolute Gasteiger partial charge is 0.288 e. The van der Waals surface area contributed by atoms with E-state index in [4.69, 9.17) is 14.2 Å². The second kappa shape index (κ2) is 9.26. The van der Waals surface area contributed by atoms with Gasteiger partial charge in [0.15, 0.2) is 11.9 Å². The van der Waals surface area contributed by atoms with Crippen LogP contribution < -0.4 is 9.47 Å². The molecule has 3 aromatic rings. The molecule has 5 atom stereocenters. The van der Waals surface area contributed by atoms with Crippen molar-refractivity contribution >= 4 is 11.0 Å². The molecule has 0 radical (unpaired) electrons. The molecule has 2 heterocycles. The lowest BCUT2D eigenvalue weighted by Gasteiger charge is -2.45. The Morgan fingerprint density at radius 3 is 2.45 bits per heavy atom. The Balaban J connectivity index is 1.73. The number of ether oxygens (including phenoxy) is 3. The molecule has 10 heteroatoms. The summed E-state index contributed by atoms with van der Waals surface area (Å²) in [5, 5.41) is 51.3. The van der Waals surface area contributed by atoms with Gasteiger partial charge in [-0.25, -0.2) is 4.98 Å². The zero-order valence-electron chi connectivity index (χ0n) is 18.3. The van der Waals surface area contributed by atoms with Crippen molar-refractivity contribution in [2.45, 2.75) is 50.3 Å². The molecule has 178 valence electrons. The third-order valence-electron chi connectivity index (χ3n) is 5.91. The van der Waals surface area contributed by atoms with E-state index in [0.717, 1.165) is 12.0 Å². The van der Waals surface area contributed by atoms with Crippen LogP contribution in [0.1, 0.15) is 18.1 Å². The zero-order valence-corrected chi connectivity index (χ0v) is 18.3. The maximum absolute atomic E-state index is 11.0. The van der Waals surface area contributed by atoms with Gasteiger partial charge in [-0.3, -0.25) is 0 Å². The lowest BCUT2D eigenvalue weighted by atomic mass is 9.96. The first-order valence-electron chi connectivity index (χ1n) is 10.6. The summed E-state index contributed by atoms with van der Waals surface area (Å²) in [5.74, 6) is -2.30. The summed E-state index contributed by atoms with van der Waals surface area (Å²) in [4.78, 5) is 4.39. The molecule has 1 saturated heterocycles. The molecule has 0 aliphatic carbocycles. The minimum Gasteiger partial charge on any atom is -0.497 e. The molecule has 1 fully saturated rings. The quantitative estimate of drug-likeness (QED) is 0.311. The number of fused-ring (bicyclic) bond motifs is 1. The lowest BCUT2D eigenvalue weighted by Crippen LogP contribution is -2.69. The zero-order chi connectivity index (χ0) is 23.8. The molecular weight excluding hydrogens is 432 g/mol. The van der Waals surface area contributed by atoms with Crippen molar-refractivity contribution in [1.82, 2.24) is 9.55 Å². The fourth-order valence-electron chi connectivity index (χ4n) is 3.91. The maximum atomic E-state index is 11.0. The van der Waals surface area contributed by atoms with Crippen molar-refractivity contribution in [3.05, 3.63) is 53.9 Å². The Bertz CT molecular complexity index is 1100. The molecule has 10 nitrogen and oxygen atoms in total. The molecule has 0 amide bonds. The van der Waals surface area contributed by atoms with Gasteiger partial charge in [0.2, 0.25) is 6.29 Å². The van der Waals surface area contributed by atoms with E-state index in [1.165, 1.54) is 18.7 Å². The van der Waals surface area contributed by atoms with Crippen LogP contribution >= 0.6 is 0 Å². The largest absolute Gasteiger partial charge is 0.497 e. The molecular formula is C23H28N2O8. The van der Waals surface area contributed by atoms with E-state index in [1.54, 1.807) is 17.0 Å². The number of hydrogen-bond acceptors (Lipinski definition) is 9. The predicted octanol–water partition coefficient (Wildman–Crippen LogP) is 0.154. The summed E-state index contributed by atoms with van der Waals surface area (Å²) in [6.45, 7) is 1.86. The first-order chi connectivity index (χ1) is 15.8. The second-order valence-electron chi connectivity index (χ2n) is 8.03. The number of methoxy groups -OCH3 is 1. The first kappa shape index (κ1) is 23.4. The third-order valence-corrected chi connectivity index (χ3v) is 5.91. The van der Waals surface area contributed by atoms with Gasteiger partial charge in [-0.05, 0) is 17.5 Å². The number of imidazole rings is 1. The first-order valence-corrected chi connectivity index (χ1v) is 10.6. The summed E-state index contributed by atoms with van der Waals surface area (Å²) in [7, 11) is 1.45. The van der Waals surface area contributed by atoms with Crippen LogP contribution in [0.15, 0.2) is 42.7 Å². The lowest BCUT2D eigenvalue weighted by molar-refractivity contribution is -0.385. The van der Waals surface area contributed by atoms with Crippen LogP contribution in [0.3, 0.4) is 0 Å². The number of aromatic nitrogens is 2. The monoisotopic (exact) mass is 460 g/mol.